The van der Waals surface area contributed by atoms with Crippen molar-refractivity contribution in [1.29, 1.82) is 0 Å². The Morgan fingerprint density at radius 2 is 1.89 bits per heavy atom. The molecule has 0 rings (SSSR count). The molecule has 0 aliphatic heterocycles. The number of alkyl halides is 3. The second-order valence-corrected chi connectivity index (χ2v) is 1.31. The van der Waals surface area contributed by atoms with E-state index in [2.05, 4.69) is 5.73 Å². The van der Waals surface area contributed by atoms with Crippen molar-refractivity contribution in [2.75, 3.05) is 0 Å². The Morgan fingerprint density at radius 3 is 1.89 bits per heavy atom. The van der Waals surface area contributed by atoms with E-state index in [1.807, 2.05) is 0 Å². The van der Waals surface area contributed by atoms with Crippen LogP contribution in [0.5, 0.6) is 0 Å². The summed E-state index contributed by atoms with van der Waals surface area (Å²) in [5, 5.41) is 7.86. The Labute approximate surface area is 48.3 Å². The third kappa shape index (κ3) is 2.43. The standard InChI is InChI=1S/C3H4F3NO2/c4-3(5,6)1(8)2(7)9/h2,9H,7H2. The first kappa shape index (κ1) is 8.38. The smallest absolute Gasteiger partial charge is 0.371 e. The van der Waals surface area contributed by atoms with E-state index in [1.54, 1.807) is 0 Å². The average molecular weight is 143 g/mol. The molecule has 0 saturated carbocycles. The Balaban J connectivity index is 4.06. The summed E-state index contributed by atoms with van der Waals surface area (Å²) in [5.41, 5.74) is 4.21. The summed E-state index contributed by atoms with van der Waals surface area (Å²) >= 11 is 0. The molecule has 0 bridgehead atoms. The van der Waals surface area contributed by atoms with Gasteiger partial charge in [0, 0.05) is 0 Å². The summed E-state index contributed by atoms with van der Waals surface area (Å²) < 4.78 is 33.3. The maximum Gasteiger partial charge on any atom is 0.454 e. The lowest BCUT2D eigenvalue weighted by atomic mass is 10.3. The quantitative estimate of drug-likeness (QED) is 0.481. The Kier molecular flexibility index (Phi) is 2.16. The molecule has 0 spiro atoms. The van der Waals surface area contributed by atoms with Crippen molar-refractivity contribution >= 4 is 5.78 Å². The van der Waals surface area contributed by atoms with Gasteiger partial charge in [0.05, 0.1) is 0 Å². The highest BCUT2D eigenvalue weighted by molar-refractivity contribution is 5.87. The van der Waals surface area contributed by atoms with E-state index in [4.69, 9.17) is 5.11 Å². The van der Waals surface area contributed by atoms with Crippen molar-refractivity contribution in [2.24, 2.45) is 5.73 Å². The predicted molar refractivity (Wildman–Crippen MR) is 21.3 cm³/mol. The number of aliphatic hydroxyl groups excluding tert-OH is 1. The summed E-state index contributed by atoms with van der Waals surface area (Å²) in [6.07, 6.45) is -7.49. The van der Waals surface area contributed by atoms with E-state index in [9.17, 15) is 18.0 Å². The topological polar surface area (TPSA) is 63.3 Å². The lowest BCUT2D eigenvalue weighted by Gasteiger charge is -2.05. The van der Waals surface area contributed by atoms with Crippen molar-refractivity contribution in [3.63, 3.8) is 0 Å². The Hall–Kier alpha value is -0.620. The molecule has 0 aliphatic rings. The summed E-state index contributed by atoms with van der Waals surface area (Å²) in [5.74, 6) is -2.33. The van der Waals surface area contributed by atoms with Crippen LogP contribution < -0.4 is 5.73 Å². The second kappa shape index (κ2) is 2.32. The third-order valence-corrected chi connectivity index (χ3v) is 0.548. The van der Waals surface area contributed by atoms with E-state index < -0.39 is 18.2 Å². The van der Waals surface area contributed by atoms with E-state index in [-0.39, 0.29) is 0 Å². The largest absolute Gasteiger partial charge is 0.454 e. The van der Waals surface area contributed by atoms with Crippen LogP contribution >= 0.6 is 0 Å². The van der Waals surface area contributed by atoms with Crippen LogP contribution in [-0.4, -0.2) is 23.3 Å². The number of hydrogen-bond donors (Lipinski definition) is 2. The summed E-state index contributed by atoms with van der Waals surface area (Å²) in [7, 11) is 0. The molecule has 0 fully saturated rings. The fourth-order valence-electron chi connectivity index (χ4n) is 0.168. The van der Waals surface area contributed by atoms with Crippen LogP contribution in [0.25, 0.3) is 0 Å². The highest BCUT2D eigenvalue weighted by atomic mass is 19.4. The second-order valence-electron chi connectivity index (χ2n) is 1.31. The molecule has 0 aromatic rings. The van der Waals surface area contributed by atoms with Gasteiger partial charge in [0.2, 0.25) is 0 Å². The van der Waals surface area contributed by atoms with Gasteiger partial charge in [-0.05, 0) is 0 Å². The van der Waals surface area contributed by atoms with Gasteiger partial charge in [-0.3, -0.25) is 10.5 Å². The minimum absolute atomic E-state index is 2.33. The van der Waals surface area contributed by atoms with Gasteiger partial charge >= 0.3 is 6.18 Å². The van der Waals surface area contributed by atoms with Crippen molar-refractivity contribution in [2.45, 2.75) is 12.4 Å². The number of carbonyl (C=O) groups excluding carboxylic acids is 1. The van der Waals surface area contributed by atoms with E-state index in [1.165, 1.54) is 0 Å². The van der Waals surface area contributed by atoms with Crippen molar-refractivity contribution in [3.8, 4) is 0 Å². The number of carbonyl (C=O) groups is 1. The number of ketones is 1. The van der Waals surface area contributed by atoms with Crippen molar-refractivity contribution < 1.29 is 23.1 Å². The highest BCUT2D eigenvalue weighted by Crippen LogP contribution is 2.16. The van der Waals surface area contributed by atoms with Gasteiger partial charge in [0.25, 0.3) is 5.78 Å². The Morgan fingerprint density at radius 1 is 1.56 bits per heavy atom. The summed E-state index contributed by atoms with van der Waals surface area (Å²) in [4.78, 5) is 9.66. The van der Waals surface area contributed by atoms with Crippen molar-refractivity contribution in [3.05, 3.63) is 0 Å². The molecular weight excluding hydrogens is 139 g/mol. The highest BCUT2D eigenvalue weighted by Gasteiger charge is 2.41. The zero-order valence-electron chi connectivity index (χ0n) is 4.14. The molecule has 1 unspecified atom stereocenters. The van der Waals surface area contributed by atoms with E-state index >= 15 is 0 Å². The van der Waals surface area contributed by atoms with Gasteiger partial charge in [0.1, 0.15) is 0 Å². The number of rotatable bonds is 1. The molecule has 0 saturated heterocycles. The maximum atomic E-state index is 11.1. The first-order chi connectivity index (χ1) is 3.85. The molecule has 0 aromatic heterocycles. The molecule has 3 N–H and O–H groups in total. The lowest BCUT2D eigenvalue weighted by Crippen LogP contribution is -2.40. The SMILES string of the molecule is NC(O)C(=O)C(F)(F)F. The van der Waals surface area contributed by atoms with Crippen LogP contribution in [0.1, 0.15) is 0 Å². The molecular formula is C3H4F3NO2. The average Bonchev–Trinajstić information content (AvgIpc) is 1.62. The van der Waals surface area contributed by atoms with Gasteiger partial charge in [-0.25, -0.2) is 0 Å². The molecule has 9 heavy (non-hydrogen) atoms. The van der Waals surface area contributed by atoms with Crippen LogP contribution in [0.15, 0.2) is 0 Å². The lowest BCUT2D eigenvalue weighted by molar-refractivity contribution is -0.179. The number of hydrogen-bond acceptors (Lipinski definition) is 3. The molecule has 0 aliphatic carbocycles. The van der Waals surface area contributed by atoms with Crippen LogP contribution in [0.3, 0.4) is 0 Å². The molecule has 54 valence electrons. The van der Waals surface area contributed by atoms with Crippen LogP contribution in [-0.2, 0) is 4.79 Å². The van der Waals surface area contributed by atoms with Crippen LogP contribution in [0, 0.1) is 0 Å². The van der Waals surface area contributed by atoms with Gasteiger partial charge in [-0.2, -0.15) is 13.2 Å². The molecule has 3 nitrogen and oxygen atoms in total. The Bertz CT molecular complexity index is 119. The summed E-state index contributed by atoms with van der Waals surface area (Å²) in [6.45, 7) is 0. The first-order valence-corrected chi connectivity index (χ1v) is 1.90. The normalized spacial score (nSPS) is 15.2. The number of Topliss-reactive ketones (excluding diaryl/α,β-unsaturated/α-hetero) is 1. The van der Waals surface area contributed by atoms with Crippen molar-refractivity contribution in [1.82, 2.24) is 0 Å². The fourth-order valence-corrected chi connectivity index (χ4v) is 0.168. The maximum absolute atomic E-state index is 11.1. The molecule has 0 aromatic carbocycles. The van der Waals surface area contributed by atoms with Gasteiger partial charge in [0.15, 0.2) is 6.23 Å². The van der Waals surface area contributed by atoms with Crippen LogP contribution in [0.4, 0.5) is 13.2 Å². The number of nitrogens with two attached hydrogens (primary N) is 1. The zero-order chi connectivity index (χ0) is 7.65. The molecule has 1 atom stereocenters. The first-order valence-electron chi connectivity index (χ1n) is 1.90. The van der Waals surface area contributed by atoms with Gasteiger partial charge in [-0.15, -0.1) is 0 Å². The third-order valence-electron chi connectivity index (χ3n) is 0.548. The van der Waals surface area contributed by atoms with Crippen LogP contribution in [0.2, 0.25) is 0 Å². The van der Waals surface area contributed by atoms with E-state index in [0.29, 0.717) is 0 Å². The zero-order valence-corrected chi connectivity index (χ0v) is 4.14. The molecule has 0 amide bonds. The minimum Gasteiger partial charge on any atom is -0.371 e. The fraction of sp³-hybridized carbons (Fsp3) is 0.667. The monoisotopic (exact) mass is 143 g/mol. The van der Waals surface area contributed by atoms with Gasteiger partial charge < -0.3 is 5.11 Å². The molecule has 0 radical (unpaired) electrons. The molecule has 0 heterocycles. The predicted octanol–water partition coefficient (Wildman–Crippen LogP) is -0.605. The summed E-state index contributed by atoms with van der Waals surface area (Å²) in [6, 6.07) is 0. The minimum atomic E-state index is -5.03. The number of aliphatic hydroxyl groups is 1. The molecule has 6 heteroatoms. The van der Waals surface area contributed by atoms with Gasteiger partial charge in [-0.1, -0.05) is 0 Å². The van der Waals surface area contributed by atoms with E-state index in [0.717, 1.165) is 0 Å². The number of halogens is 3.